The number of rotatable bonds is 8. The number of benzene rings is 2. The quantitative estimate of drug-likeness (QED) is 0.514. The van der Waals surface area contributed by atoms with Crippen LogP contribution in [0.25, 0.3) is 0 Å². The molecule has 7 nitrogen and oxygen atoms in total. The van der Waals surface area contributed by atoms with E-state index in [2.05, 4.69) is 15.5 Å². The average molecular weight is 459 g/mol. The molecule has 0 unspecified atom stereocenters. The van der Waals surface area contributed by atoms with Gasteiger partial charge in [-0.15, -0.1) is 10.2 Å². The topological polar surface area (TPSA) is 93.9 Å². The fraction of sp³-hybridized carbons (Fsp3) is 0.318. The number of nitrogens with one attached hydrogen (secondary N) is 1. The lowest BCUT2D eigenvalue weighted by atomic mass is 10.1. The third kappa shape index (κ3) is 5.74. The highest BCUT2D eigenvalue weighted by molar-refractivity contribution is 7.99. The average Bonchev–Trinajstić information content (AvgIpc) is 3.09. The SMILES string of the molecule is CCn1c(CS(=O)(=O)c2ccc(C)cc2)nnc1SCC(=O)Nc1ccc(C)cc1C. The fourth-order valence-electron chi connectivity index (χ4n) is 3.12. The first-order valence-corrected chi connectivity index (χ1v) is 12.5. The summed E-state index contributed by atoms with van der Waals surface area (Å²) in [5.41, 5.74) is 3.90. The normalized spacial score (nSPS) is 11.5. The summed E-state index contributed by atoms with van der Waals surface area (Å²) in [6.45, 7) is 8.26. The molecule has 0 aliphatic heterocycles. The number of nitrogens with zero attached hydrogens (tertiary/aromatic N) is 3. The lowest BCUT2D eigenvalue weighted by Crippen LogP contribution is -2.16. The molecule has 164 valence electrons. The maximum absolute atomic E-state index is 12.8. The van der Waals surface area contributed by atoms with E-state index in [0.29, 0.717) is 17.5 Å². The Morgan fingerprint density at radius 3 is 2.35 bits per heavy atom. The second-order valence-electron chi connectivity index (χ2n) is 7.37. The fourth-order valence-corrected chi connectivity index (χ4v) is 5.21. The number of carbonyl (C=O) groups excluding carboxylic acids is 1. The Bertz CT molecular complexity index is 1190. The van der Waals surface area contributed by atoms with E-state index in [4.69, 9.17) is 0 Å². The maximum atomic E-state index is 12.8. The lowest BCUT2D eigenvalue weighted by Gasteiger charge is -2.10. The van der Waals surface area contributed by atoms with Gasteiger partial charge in [0.2, 0.25) is 5.91 Å². The minimum absolute atomic E-state index is 0.149. The van der Waals surface area contributed by atoms with E-state index >= 15 is 0 Å². The van der Waals surface area contributed by atoms with E-state index in [1.54, 1.807) is 28.8 Å². The van der Waals surface area contributed by atoms with Crippen molar-refractivity contribution in [3.63, 3.8) is 0 Å². The third-order valence-corrected chi connectivity index (χ3v) is 7.39. The predicted octanol–water partition coefficient (Wildman–Crippen LogP) is 3.93. The van der Waals surface area contributed by atoms with Crippen LogP contribution in [-0.2, 0) is 26.9 Å². The van der Waals surface area contributed by atoms with Crippen molar-refractivity contribution < 1.29 is 13.2 Å². The molecule has 0 saturated heterocycles. The van der Waals surface area contributed by atoms with Crippen LogP contribution in [0.1, 0.15) is 29.4 Å². The van der Waals surface area contributed by atoms with Gasteiger partial charge < -0.3 is 9.88 Å². The number of amides is 1. The maximum Gasteiger partial charge on any atom is 0.234 e. The number of carbonyl (C=O) groups is 1. The van der Waals surface area contributed by atoms with Gasteiger partial charge >= 0.3 is 0 Å². The number of aromatic nitrogens is 3. The Balaban J connectivity index is 1.68. The molecule has 9 heteroatoms. The zero-order chi connectivity index (χ0) is 22.6. The highest BCUT2D eigenvalue weighted by atomic mass is 32.2. The Morgan fingerprint density at radius 2 is 1.71 bits per heavy atom. The summed E-state index contributed by atoms with van der Waals surface area (Å²) in [5.74, 6) is 0.111. The van der Waals surface area contributed by atoms with Gasteiger partial charge in [-0.05, 0) is 51.5 Å². The van der Waals surface area contributed by atoms with E-state index in [-0.39, 0.29) is 22.3 Å². The van der Waals surface area contributed by atoms with Crippen molar-refractivity contribution in [2.45, 2.75) is 50.0 Å². The standard InChI is InChI=1S/C22H26N4O3S2/c1-5-26-20(14-31(28,29)18-9-6-15(2)7-10-18)24-25-22(26)30-13-21(27)23-19-11-8-16(3)12-17(19)4/h6-12H,5,13-14H2,1-4H3,(H,23,27). The van der Waals surface area contributed by atoms with Crippen LogP contribution < -0.4 is 5.32 Å². The number of hydrogen-bond donors (Lipinski definition) is 1. The zero-order valence-corrected chi connectivity index (χ0v) is 19.7. The summed E-state index contributed by atoms with van der Waals surface area (Å²) in [5, 5.41) is 11.6. The molecule has 0 spiro atoms. The predicted molar refractivity (Wildman–Crippen MR) is 123 cm³/mol. The van der Waals surface area contributed by atoms with Crippen molar-refractivity contribution in [2.75, 3.05) is 11.1 Å². The summed E-state index contributed by atoms with van der Waals surface area (Å²) < 4.78 is 27.3. The number of aryl methyl sites for hydroxylation is 3. The van der Waals surface area contributed by atoms with E-state index in [0.717, 1.165) is 22.4 Å². The van der Waals surface area contributed by atoms with Crippen LogP contribution in [0.5, 0.6) is 0 Å². The summed E-state index contributed by atoms with van der Waals surface area (Å²) in [7, 11) is -3.54. The Labute approximate surface area is 187 Å². The molecule has 3 rings (SSSR count). The van der Waals surface area contributed by atoms with Crippen LogP contribution in [0.15, 0.2) is 52.5 Å². The number of anilines is 1. The van der Waals surface area contributed by atoms with Gasteiger partial charge in [-0.1, -0.05) is 47.2 Å². The van der Waals surface area contributed by atoms with Crippen molar-refractivity contribution in [3.8, 4) is 0 Å². The minimum Gasteiger partial charge on any atom is -0.325 e. The van der Waals surface area contributed by atoms with Crippen molar-refractivity contribution >= 4 is 33.2 Å². The molecule has 31 heavy (non-hydrogen) atoms. The van der Waals surface area contributed by atoms with Gasteiger partial charge in [0, 0.05) is 12.2 Å². The molecule has 1 N–H and O–H groups in total. The number of thioether (sulfide) groups is 1. The molecular weight excluding hydrogens is 432 g/mol. The first kappa shape index (κ1) is 23.0. The van der Waals surface area contributed by atoms with E-state index in [9.17, 15) is 13.2 Å². The molecule has 0 aliphatic rings. The first-order valence-electron chi connectivity index (χ1n) is 9.91. The second-order valence-corrected chi connectivity index (χ2v) is 10.3. The molecular formula is C22H26N4O3S2. The van der Waals surface area contributed by atoms with E-state index in [1.165, 1.54) is 11.8 Å². The van der Waals surface area contributed by atoms with Gasteiger partial charge in [0.15, 0.2) is 15.0 Å². The first-order chi connectivity index (χ1) is 14.7. The van der Waals surface area contributed by atoms with Gasteiger partial charge in [0.1, 0.15) is 11.6 Å². The van der Waals surface area contributed by atoms with Gasteiger partial charge in [-0.3, -0.25) is 4.79 Å². The van der Waals surface area contributed by atoms with Gasteiger partial charge in [-0.2, -0.15) is 0 Å². The van der Waals surface area contributed by atoms with Crippen LogP contribution in [0.3, 0.4) is 0 Å². The van der Waals surface area contributed by atoms with Crippen molar-refractivity contribution in [3.05, 3.63) is 65.0 Å². The molecule has 1 heterocycles. The Morgan fingerprint density at radius 1 is 1.03 bits per heavy atom. The smallest absolute Gasteiger partial charge is 0.234 e. The third-order valence-electron chi connectivity index (χ3n) is 4.80. The summed E-state index contributed by atoms with van der Waals surface area (Å²) in [6.07, 6.45) is 0. The van der Waals surface area contributed by atoms with Crippen molar-refractivity contribution in [1.82, 2.24) is 14.8 Å². The van der Waals surface area contributed by atoms with Crippen molar-refractivity contribution in [1.29, 1.82) is 0 Å². The molecule has 0 saturated carbocycles. The van der Waals surface area contributed by atoms with Crippen LogP contribution in [0.4, 0.5) is 5.69 Å². The van der Waals surface area contributed by atoms with Gasteiger partial charge in [0.05, 0.1) is 10.6 Å². The lowest BCUT2D eigenvalue weighted by molar-refractivity contribution is -0.113. The largest absolute Gasteiger partial charge is 0.325 e. The molecule has 0 fully saturated rings. The Kier molecular flexibility index (Phi) is 7.17. The molecule has 0 atom stereocenters. The van der Waals surface area contributed by atoms with Crippen LogP contribution in [-0.4, -0.2) is 34.8 Å². The van der Waals surface area contributed by atoms with Crippen LogP contribution >= 0.6 is 11.8 Å². The summed E-state index contributed by atoms with van der Waals surface area (Å²) in [6, 6.07) is 12.6. The molecule has 0 radical (unpaired) electrons. The second kappa shape index (κ2) is 9.65. The zero-order valence-electron chi connectivity index (χ0n) is 18.0. The summed E-state index contributed by atoms with van der Waals surface area (Å²) >= 11 is 1.24. The molecule has 1 aromatic heterocycles. The molecule has 0 bridgehead atoms. The van der Waals surface area contributed by atoms with Gasteiger partial charge in [-0.25, -0.2) is 8.42 Å². The highest BCUT2D eigenvalue weighted by Gasteiger charge is 2.21. The minimum atomic E-state index is -3.54. The van der Waals surface area contributed by atoms with Crippen LogP contribution in [0, 0.1) is 20.8 Å². The summed E-state index contributed by atoms with van der Waals surface area (Å²) in [4.78, 5) is 12.6. The molecule has 2 aromatic carbocycles. The highest BCUT2D eigenvalue weighted by Crippen LogP contribution is 2.22. The van der Waals surface area contributed by atoms with E-state index < -0.39 is 9.84 Å². The number of sulfone groups is 1. The van der Waals surface area contributed by atoms with Crippen LogP contribution in [0.2, 0.25) is 0 Å². The number of hydrogen-bond acceptors (Lipinski definition) is 6. The Hall–Kier alpha value is -2.65. The molecule has 0 aliphatic carbocycles. The van der Waals surface area contributed by atoms with Gasteiger partial charge in [0.25, 0.3) is 0 Å². The van der Waals surface area contributed by atoms with E-state index in [1.807, 2.05) is 45.9 Å². The monoisotopic (exact) mass is 458 g/mol. The van der Waals surface area contributed by atoms with Crippen molar-refractivity contribution in [2.24, 2.45) is 0 Å². The molecule has 3 aromatic rings. The molecule has 1 amide bonds.